The van der Waals surface area contributed by atoms with Crippen LogP contribution in [0, 0.1) is 0 Å². The van der Waals surface area contributed by atoms with Crippen LogP contribution >= 0.6 is 0 Å². The van der Waals surface area contributed by atoms with Crippen LogP contribution in [0.25, 0.3) is 0 Å². The average molecular weight is 150 g/mol. The summed E-state index contributed by atoms with van der Waals surface area (Å²) in [6.45, 7) is 0. The Morgan fingerprint density at radius 2 is 2.27 bits per heavy atom. The summed E-state index contributed by atoms with van der Waals surface area (Å²) in [7, 11) is 0. The predicted octanol–water partition coefficient (Wildman–Crippen LogP) is 0.187. The van der Waals surface area contributed by atoms with Crippen LogP contribution < -0.4 is 10.8 Å². The van der Waals surface area contributed by atoms with Crippen molar-refractivity contribution in [3.63, 3.8) is 0 Å². The summed E-state index contributed by atoms with van der Waals surface area (Å²) in [4.78, 5) is 11.4. The summed E-state index contributed by atoms with van der Waals surface area (Å²) in [5.74, 6) is 0.740. The SMILES string of the molecule is ONc1ncnc2c1N=C[N]2. The van der Waals surface area contributed by atoms with Crippen molar-refractivity contribution >= 4 is 23.7 Å². The van der Waals surface area contributed by atoms with Crippen molar-refractivity contribution in [2.45, 2.75) is 0 Å². The Kier molecular flexibility index (Phi) is 1.19. The molecule has 0 saturated heterocycles. The molecule has 0 spiro atoms. The molecule has 11 heavy (non-hydrogen) atoms. The molecule has 0 amide bonds. The van der Waals surface area contributed by atoms with Crippen molar-refractivity contribution in [3.05, 3.63) is 6.33 Å². The maximum Gasteiger partial charge on any atom is 0.185 e. The summed E-state index contributed by atoms with van der Waals surface area (Å²) >= 11 is 0. The van der Waals surface area contributed by atoms with E-state index in [9.17, 15) is 0 Å². The van der Waals surface area contributed by atoms with Crippen LogP contribution in [0.5, 0.6) is 0 Å². The minimum atomic E-state index is 0.271. The zero-order valence-corrected chi connectivity index (χ0v) is 5.39. The van der Waals surface area contributed by atoms with Crippen LogP contribution in [0.2, 0.25) is 0 Å². The lowest BCUT2D eigenvalue weighted by Gasteiger charge is -1.99. The maximum atomic E-state index is 8.55. The summed E-state index contributed by atoms with van der Waals surface area (Å²) in [6, 6.07) is 0. The van der Waals surface area contributed by atoms with Gasteiger partial charge in [-0.15, -0.1) is 0 Å². The largest absolute Gasteiger partial charge is 0.290 e. The molecular formula is C5H4N5O. The molecule has 1 aliphatic heterocycles. The quantitative estimate of drug-likeness (QED) is 0.559. The lowest BCUT2D eigenvalue weighted by Crippen LogP contribution is -1.95. The molecule has 1 aromatic rings. The number of anilines is 1. The van der Waals surface area contributed by atoms with Gasteiger partial charge in [-0.2, -0.15) is 0 Å². The fraction of sp³-hybridized carbons (Fsp3) is 0. The highest BCUT2D eigenvalue weighted by atomic mass is 16.5. The van der Waals surface area contributed by atoms with E-state index >= 15 is 0 Å². The molecule has 0 unspecified atom stereocenters. The first-order valence-corrected chi connectivity index (χ1v) is 2.90. The average Bonchev–Trinajstić information content (AvgIpc) is 2.50. The summed E-state index contributed by atoms with van der Waals surface area (Å²) in [6.07, 6.45) is 2.66. The van der Waals surface area contributed by atoms with Gasteiger partial charge in [-0.3, -0.25) is 10.7 Å². The molecule has 0 atom stereocenters. The van der Waals surface area contributed by atoms with Crippen molar-refractivity contribution in [1.82, 2.24) is 15.3 Å². The number of rotatable bonds is 1. The fourth-order valence-corrected chi connectivity index (χ4v) is 0.806. The van der Waals surface area contributed by atoms with E-state index in [1.165, 1.54) is 12.7 Å². The summed E-state index contributed by atoms with van der Waals surface area (Å²) in [5, 5.41) is 12.4. The Hall–Kier alpha value is -1.69. The molecule has 1 radical (unpaired) electrons. The Morgan fingerprint density at radius 3 is 3.09 bits per heavy atom. The predicted molar refractivity (Wildman–Crippen MR) is 37.4 cm³/mol. The van der Waals surface area contributed by atoms with Crippen molar-refractivity contribution in [2.24, 2.45) is 4.99 Å². The molecule has 0 aromatic carbocycles. The van der Waals surface area contributed by atoms with Gasteiger partial charge >= 0.3 is 0 Å². The minimum absolute atomic E-state index is 0.271. The third kappa shape index (κ3) is 0.802. The smallest absolute Gasteiger partial charge is 0.185 e. The van der Waals surface area contributed by atoms with Crippen molar-refractivity contribution in [3.8, 4) is 0 Å². The van der Waals surface area contributed by atoms with Crippen LogP contribution in [0.1, 0.15) is 0 Å². The first-order valence-electron chi connectivity index (χ1n) is 2.90. The standard InChI is InChI=1S/C5H4N5O/c11-10-5-3-4(7-1-6-3)8-2-9-5/h1-2,11H,(H,8,9,10). The van der Waals surface area contributed by atoms with Gasteiger partial charge in [0.25, 0.3) is 0 Å². The van der Waals surface area contributed by atoms with Crippen LogP contribution in [-0.4, -0.2) is 21.5 Å². The van der Waals surface area contributed by atoms with Gasteiger partial charge in [-0.25, -0.2) is 20.3 Å². The number of nitrogens with zero attached hydrogens (tertiary/aromatic N) is 4. The fourth-order valence-electron chi connectivity index (χ4n) is 0.806. The Balaban J connectivity index is 2.57. The third-order valence-electron chi connectivity index (χ3n) is 1.28. The van der Waals surface area contributed by atoms with Crippen molar-refractivity contribution in [1.29, 1.82) is 0 Å². The van der Waals surface area contributed by atoms with Gasteiger partial charge < -0.3 is 0 Å². The van der Waals surface area contributed by atoms with E-state index in [2.05, 4.69) is 20.3 Å². The van der Waals surface area contributed by atoms with Gasteiger partial charge in [0.2, 0.25) is 0 Å². The number of aliphatic imine (C=N–C) groups is 1. The van der Waals surface area contributed by atoms with E-state index in [4.69, 9.17) is 5.21 Å². The second kappa shape index (κ2) is 2.17. The Bertz CT molecular complexity index is 310. The molecule has 6 heteroatoms. The number of aromatic nitrogens is 2. The van der Waals surface area contributed by atoms with E-state index in [1.54, 1.807) is 0 Å². The molecule has 0 fully saturated rings. The van der Waals surface area contributed by atoms with Gasteiger partial charge in [0.15, 0.2) is 17.3 Å². The molecule has 0 aliphatic carbocycles. The van der Waals surface area contributed by atoms with E-state index in [0.29, 0.717) is 11.5 Å². The van der Waals surface area contributed by atoms with Crippen LogP contribution in [0.15, 0.2) is 11.3 Å². The van der Waals surface area contributed by atoms with Crippen LogP contribution in [0.4, 0.5) is 17.3 Å². The molecule has 0 saturated carbocycles. The van der Waals surface area contributed by atoms with Crippen molar-refractivity contribution in [2.75, 3.05) is 5.48 Å². The topological polar surface area (TPSA) is 84.5 Å². The Morgan fingerprint density at radius 1 is 1.36 bits per heavy atom. The molecule has 2 heterocycles. The van der Waals surface area contributed by atoms with E-state index in [0.717, 1.165) is 0 Å². The van der Waals surface area contributed by atoms with E-state index in [-0.39, 0.29) is 5.82 Å². The molecule has 2 rings (SSSR count). The number of hydrogen-bond donors (Lipinski definition) is 2. The molecule has 1 aromatic heterocycles. The third-order valence-corrected chi connectivity index (χ3v) is 1.28. The number of hydrogen-bond acceptors (Lipinski definition) is 5. The zero-order chi connectivity index (χ0) is 7.68. The van der Waals surface area contributed by atoms with Gasteiger partial charge in [0.1, 0.15) is 12.7 Å². The van der Waals surface area contributed by atoms with Gasteiger partial charge in [-0.1, -0.05) is 0 Å². The molecular weight excluding hydrogens is 146 g/mol. The second-order valence-electron chi connectivity index (χ2n) is 1.88. The highest BCUT2D eigenvalue weighted by Gasteiger charge is 2.13. The van der Waals surface area contributed by atoms with E-state index < -0.39 is 0 Å². The van der Waals surface area contributed by atoms with E-state index in [1.807, 2.05) is 5.48 Å². The van der Waals surface area contributed by atoms with Crippen molar-refractivity contribution < 1.29 is 5.21 Å². The zero-order valence-electron chi connectivity index (χ0n) is 5.39. The molecule has 1 aliphatic rings. The minimum Gasteiger partial charge on any atom is -0.290 e. The monoisotopic (exact) mass is 150 g/mol. The van der Waals surface area contributed by atoms with Gasteiger partial charge in [0.05, 0.1) is 0 Å². The first kappa shape index (κ1) is 6.05. The molecule has 2 N–H and O–H groups in total. The van der Waals surface area contributed by atoms with Crippen LogP contribution in [0.3, 0.4) is 0 Å². The lowest BCUT2D eigenvalue weighted by molar-refractivity contribution is 0.386. The molecule has 55 valence electrons. The maximum absolute atomic E-state index is 8.55. The molecule has 0 bridgehead atoms. The summed E-state index contributed by atoms with van der Waals surface area (Å²) in [5.41, 5.74) is 2.37. The highest BCUT2D eigenvalue weighted by molar-refractivity contribution is 5.84. The lowest BCUT2D eigenvalue weighted by atomic mass is 10.4. The number of fused-ring (bicyclic) bond motifs is 1. The Labute approximate surface area is 62.0 Å². The normalized spacial score (nSPS) is 12.5. The van der Waals surface area contributed by atoms with Gasteiger partial charge in [0, 0.05) is 0 Å². The summed E-state index contributed by atoms with van der Waals surface area (Å²) < 4.78 is 0. The number of nitrogens with one attached hydrogen (secondary N) is 1. The molecule has 6 nitrogen and oxygen atoms in total. The highest BCUT2D eigenvalue weighted by Crippen LogP contribution is 2.31. The van der Waals surface area contributed by atoms with Gasteiger partial charge in [-0.05, 0) is 0 Å². The first-order chi connectivity index (χ1) is 5.42. The van der Waals surface area contributed by atoms with Crippen LogP contribution in [-0.2, 0) is 0 Å². The second-order valence-corrected chi connectivity index (χ2v) is 1.88.